The molecule has 2 heterocycles. The molecule has 1 aromatic heterocycles. The highest BCUT2D eigenvalue weighted by Gasteiger charge is 2.27. The van der Waals surface area contributed by atoms with Gasteiger partial charge in [0.1, 0.15) is 5.60 Å². The topological polar surface area (TPSA) is 34.5 Å². The molecule has 0 aliphatic carbocycles. The molecule has 1 aliphatic rings. The number of carbonyl (C=O) groups is 1. The van der Waals surface area contributed by atoms with Crippen molar-refractivity contribution >= 4 is 6.09 Å². The first-order valence-corrected chi connectivity index (χ1v) is 10.7. The van der Waals surface area contributed by atoms with Crippen molar-refractivity contribution in [2.75, 3.05) is 13.1 Å². The third kappa shape index (κ3) is 4.59. The van der Waals surface area contributed by atoms with E-state index in [0.717, 1.165) is 19.4 Å². The largest absolute Gasteiger partial charge is 0.444 e. The standard InChI is InChI=1S/C26H30N2O2/c1-26(2,3)30-25(29)27-16-14-22-23(21-12-8-5-9-13-21)19-28(24(22)15-17-27)18-20-10-6-4-7-11-20/h4-13,19H,14-18H2,1-3H3. The van der Waals surface area contributed by atoms with Crippen molar-refractivity contribution in [1.82, 2.24) is 9.47 Å². The molecule has 0 spiro atoms. The second kappa shape index (κ2) is 8.39. The van der Waals surface area contributed by atoms with Gasteiger partial charge in [-0.2, -0.15) is 0 Å². The lowest BCUT2D eigenvalue weighted by Crippen LogP contribution is -2.38. The highest BCUT2D eigenvalue weighted by Crippen LogP contribution is 2.32. The molecule has 0 radical (unpaired) electrons. The van der Waals surface area contributed by atoms with Gasteiger partial charge in [-0.1, -0.05) is 60.7 Å². The van der Waals surface area contributed by atoms with E-state index < -0.39 is 5.60 Å². The highest BCUT2D eigenvalue weighted by atomic mass is 16.6. The van der Waals surface area contributed by atoms with Gasteiger partial charge in [0.25, 0.3) is 0 Å². The van der Waals surface area contributed by atoms with Gasteiger partial charge in [0.05, 0.1) is 0 Å². The number of ether oxygens (including phenoxy) is 1. The molecule has 30 heavy (non-hydrogen) atoms. The highest BCUT2D eigenvalue weighted by molar-refractivity contribution is 5.71. The Kier molecular flexibility index (Phi) is 5.67. The van der Waals surface area contributed by atoms with Gasteiger partial charge in [0.2, 0.25) is 0 Å². The average molecular weight is 403 g/mol. The first kappa shape index (κ1) is 20.3. The maximum Gasteiger partial charge on any atom is 0.410 e. The molecule has 156 valence electrons. The van der Waals surface area contributed by atoms with Gasteiger partial charge in [-0.3, -0.25) is 0 Å². The van der Waals surface area contributed by atoms with Crippen molar-refractivity contribution in [2.24, 2.45) is 0 Å². The summed E-state index contributed by atoms with van der Waals surface area (Å²) in [4.78, 5) is 14.5. The van der Waals surface area contributed by atoms with Gasteiger partial charge in [0.15, 0.2) is 0 Å². The number of rotatable bonds is 3. The van der Waals surface area contributed by atoms with Crippen LogP contribution in [0.4, 0.5) is 4.79 Å². The lowest BCUT2D eigenvalue weighted by molar-refractivity contribution is 0.0258. The first-order valence-electron chi connectivity index (χ1n) is 10.7. The van der Waals surface area contributed by atoms with Gasteiger partial charge in [0, 0.05) is 43.5 Å². The molecule has 1 amide bonds. The summed E-state index contributed by atoms with van der Waals surface area (Å²) in [5, 5.41) is 0. The third-order valence-corrected chi connectivity index (χ3v) is 5.49. The smallest absolute Gasteiger partial charge is 0.410 e. The second-order valence-corrected chi connectivity index (χ2v) is 8.91. The van der Waals surface area contributed by atoms with Crippen LogP contribution in [0, 0.1) is 0 Å². The number of hydrogen-bond acceptors (Lipinski definition) is 2. The lowest BCUT2D eigenvalue weighted by atomic mass is 10.0. The Hall–Kier alpha value is -3.01. The minimum atomic E-state index is -0.478. The van der Waals surface area contributed by atoms with Gasteiger partial charge in [-0.25, -0.2) is 4.79 Å². The predicted molar refractivity (Wildman–Crippen MR) is 121 cm³/mol. The zero-order chi connectivity index (χ0) is 21.1. The Bertz CT molecular complexity index is 1000. The van der Waals surface area contributed by atoms with Crippen LogP contribution in [0.1, 0.15) is 37.6 Å². The molecule has 4 rings (SSSR count). The summed E-state index contributed by atoms with van der Waals surface area (Å²) < 4.78 is 8.00. The molecule has 4 nitrogen and oxygen atoms in total. The Balaban J connectivity index is 1.66. The normalized spacial score (nSPS) is 14.2. The maximum absolute atomic E-state index is 12.7. The fourth-order valence-corrected chi connectivity index (χ4v) is 4.11. The third-order valence-electron chi connectivity index (χ3n) is 5.49. The van der Waals surface area contributed by atoms with Crippen LogP contribution in [-0.4, -0.2) is 34.3 Å². The van der Waals surface area contributed by atoms with E-state index in [0.29, 0.717) is 13.1 Å². The first-order chi connectivity index (χ1) is 14.4. The Morgan fingerprint density at radius 1 is 0.933 bits per heavy atom. The summed E-state index contributed by atoms with van der Waals surface area (Å²) in [6.07, 6.45) is 3.73. The fraction of sp³-hybridized carbons (Fsp3) is 0.346. The van der Waals surface area contributed by atoms with Crippen LogP contribution in [0.15, 0.2) is 66.9 Å². The van der Waals surface area contributed by atoms with E-state index in [2.05, 4.69) is 59.3 Å². The molecule has 0 bridgehead atoms. The molecular formula is C26H30N2O2. The summed E-state index contributed by atoms with van der Waals surface area (Å²) in [5.74, 6) is 0. The number of hydrogen-bond donors (Lipinski definition) is 0. The van der Waals surface area contributed by atoms with Crippen LogP contribution in [0.5, 0.6) is 0 Å². The number of fused-ring (bicyclic) bond motifs is 1. The summed E-state index contributed by atoms with van der Waals surface area (Å²) >= 11 is 0. The number of aromatic nitrogens is 1. The molecule has 0 fully saturated rings. The summed E-state index contributed by atoms with van der Waals surface area (Å²) in [6, 6.07) is 21.1. The number of carbonyl (C=O) groups excluding carboxylic acids is 1. The quantitative estimate of drug-likeness (QED) is 0.576. The number of amides is 1. The predicted octanol–water partition coefficient (Wildman–Crippen LogP) is 5.54. The summed E-state index contributed by atoms with van der Waals surface area (Å²) in [6.45, 7) is 7.94. The maximum atomic E-state index is 12.7. The van der Waals surface area contributed by atoms with Gasteiger partial charge in [-0.15, -0.1) is 0 Å². The fourth-order valence-electron chi connectivity index (χ4n) is 4.11. The molecule has 4 heteroatoms. The van der Waals surface area contributed by atoms with E-state index in [9.17, 15) is 4.79 Å². The number of benzene rings is 2. The summed E-state index contributed by atoms with van der Waals surface area (Å²) in [5.41, 5.74) is 5.97. The minimum absolute atomic E-state index is 0.219. The molecule has 0 saturated carbocycles. The van der Waals surface area contributed by atoms with E-state index in [4.69, 9.17) is 4.74 Å². The number of nitrogens with zero attached hydrogens (tertiary/aromatic N) is 2. The monoisotopic (exact) mass is 402 g/mol. The van der Waals surface area contributed by atoms with Gasteiger partial charge >= 0.3 is 6.09 Å². The molecular weight excluding hydrogens is 372 g/mol. The van der Waals surface area contributed by atoms with Crippen molar-refractivity contribution in [2.45, 2.75) is 45.8 Å². The van der Waals surface area contributed by atoms with E-state index in [-0.39, 0.29) is 6.09 Å². The Morgan fingerprint density at radius 2 is 1.57 bits per heavy atom. The van der Waals surface area contributed by atoms with E-state index >= 15 is 0 Å². The van der Waals surface area contributed by atoms with Crippen LogP contribution in [0.3, 0.4) is 0 Å². The van der Waals surface area contributed by atoms with Crippen LogP contribution < -0.4 is 0 Å². The average Bonchev–Trinajstić information content (AvgIpc) is 2.90. The summed E-state index contributed by atoms with van der Waals surface area (Å²) in [7, 11) is 0. The van der Waals surface area contributed by atoms with E-state index in [1.165, 1.54) is 27.9 Å². The van der Waals surface area contributed by atoms with Crippen molar-refractivity contribution < 1.29 is 9.53 Å². The minimum Gasteiger partial charge on any atom is -0.444 e. The van der Waals surface area contributed by atoms with Crippen LogP contribution >= 0.6 is 0 Å². The van der Waals surface area contributed by atoms with Gasteiger partial charge in [-0.05, 0) is 43.9 Å². The Labute approximate surface area is 179 Å². The van der Waals surface area contributed by atoms with Gasteiger partial charge < -0.3 is 14.2 Å². The zero-order valence-corrected chi connectivity index (χ0v) is 18.1. The van der Waals surface area contributed by atoms with E-state index in [1.54, 1.807) is 0 Å². The molecule has 0 atom stereocenters. The van der Waals surface area contributed by atoms with Crippen molar-refractivity contribution in [3.05, 3.63) is 83.7 Å². The van der Waals surface area contributed by atoms with Crippen LogP contribution in [-0.2, 0) is 24.1 Å². The lowest BCUT2D eigenvalue weighted by Gasteiger charge is -2.26. The SMILES string of the molecule is CC(C)(C)OC(=O)N1CCc2c(-c3ccccc3)cn(Cc3ccccc3)c2CC1. The van der Waals surface area contributed by atoms with Crippen molar-refractivity contribution in [3.63, 3.8) is 0 Å². The van der Waals surface area contributed by atoms with Crippen molar-refractivity contribution in [1.29, 1.82) is 0 Å². The molecule has 3 aromatic rings. The molecule has 0 saturated heterocycles. The molecule has 1 aliphatic heterocycles. The molecule has 2 aromatic carbocycles. The van der Waals surface area contributed by atoms with Crippen molar-refractivity contribution in [3.8, 4) is 11.1 Å². The van der Waals surface area contributed by atoms with Crippen LogP contribution in [0.2, 0.25) is 0 Å². The Morgan fingerprint density at radius 3 is 2.23 bits per heavy atom. The molecule has 0 N–H and O–H groups in total. The van der Waals surface area contributed by atoms with Crippen LogP contribution in [0.25, 0.3) is 11.1 Å². The second-order valence-electron chi connectivity index (χ2n) is 8.91. The molecule has 0 unspecified atom stereocenters. The van der Waals surface area contributed by atoms with E-state index in [1.807, 2.05) is 37.8 Å². The zero-order valence-electron chi connectivity index (χ0n) is 18.1.